The van der Waals surface area contributed by atoms with E-state index in [2.05, 4.69) is 17.2 Å². The summed E-state index contributed by atoms with van der Waals surface area (Å²) in [7, 11) is 0. The zero-order valence-corrected chi connectivity index (χ0v) is 7.69. The molecule has 0 spiro atoms. The fourth-order valence-electron chi connectivity index (χ4n) is 0.867. The lowest BCUT2D eigenvalue weighted by Crippen LogP contribution is -1.91. The van der Waals surface area contributed by atoms with E-state index in [-0.39, 0.29) is 11.5 Å². The number of carbonyl (C=O) groups excluding carboxylic acids is 1. The number of benzene rings is 1. The largest absolute Gasteiger partial charge is 0.295 e. The van der Waals surface area contributed by atoms with Gasteiger partial charge in [0, 0.05) is 5.56 Å². The Hall–Kier alpha value is -1.38. The van der Waals surface area contributed by atoms with E-state index >= 15 is 0 Å². The van der Waals surface area contributed by atoms with Crippen LogP contribution in [0.3, 0.4) is 0 Å². The molecule has 0 fully saturated rings. The van der Waals surface area contributed by atoms with E-state index in [4.69, 9.17) is 0 Å². The molecule has 0 heterocycles. The van der Waals surface area contributed by atoms with Crippen LogP contribution in [0.5, 0.6) is 0 Å². The van der Waals surface area contributed by atoms with E-state index in [1.807, 2.05) is 5.16 Å². The Morgan fingerprint density at radius 3 is 2.85 bits per heavy atom. The minimum atomic E-state index is -0.512. The van der Waals surface area contributed by atoms with Gasteiger partial charge >= 0.3 is 0 Å². The number of isothiocyanates is 1. The molecule has 0 amide bonds. The van der Waals surface area contributed by atoms with Crippen molar-refractivity contribution in [3.8, 4) is 0 Å². The third-order valence-electron chi connectivity index (χ3n) is 1.52. The molecule has 0 aliphatic rings. The molecule has 0 saturated carbocycles. The summed E-state index contributed by atoms with van der Waals surface area (Å²) in [6.45, 7) is 1.40. The zero-order valence-electron chi connectivity index (χ0n) is 6.87. The van der Waals surface area contributed by atoms with Crippen molar-refractivity contribution in [2.24, 2.45) is 4.99 Å². The van der Waals surface area contributed by atoms with Crippen molar-refractivity contribution in [1.29, 1.82) is 0 Å². The molecular formula is C9H6FNOS. The maximum atomic E-state index is 12.9. The van der Waals surface area contributed by atoms with Gasteiger partial charge in [0.2, 0.25) is 0 Å². The summed E-state index contributed by atoms with van der Waals surface area (Å²) < 4.78 is 12.9. The number of nitrogens with zero attached hydrogens (tertiary/aromatic N) is 1. The maximum Gasteiger partial charge on any atom is 0.159 e. The van der Waals surface area contributed by atoms with Gasteiger partial charge in [-0.15, -0.1) is 0 Å². The van der Waals surface area contributed by atoms with Crippen molar-refractivity contribution in [1.82, 2.24) is 0 Å². The number of aliphatic imine (C=N–C) groups is 1. The van der Waals surface area contributed by atoms with E-state index in [1.54, 1.807) is 0 Å². The highest BCUT2D eigenvalue weighted by atomic mass is 32.1. The predicted octanol–water partition coefficient (Wildman–Crippen LogP) is 2.76. The van der Waals surface area contributed by atoms with Crippen molar-refractivity contribution < 1.29 is 9.18 Å². The van der Waals surface area contributed by atoms with E-state index in [0.717, 1.165) is 0 Å². The predicted molar refractivity (Wildman–Crippen MR) is 51.1 cm³/mol. The summed E-state index contributed by atoms with van der Waals surface area (Å²) in [6, 6.07) is 3.93. The molecule has 0 N–H and O–H groups in total. The minimum Gasteiger partial charge on any atom is -0.295 e. The van der Waals surface area contributed by atoms with Crippen LogP contribution in [0.2, 0.25) is 0 Å². The average molecular weight is 195 g/mol. The topological polar surface area (TPSA) is 29.4 Å². The summed E-state index contributed by atoms with van der Waals surface area (Å²) in [5, 5.41) is 2.05. The van der Waals surface area contributed by atoms with Crippen LogP contribution in [-0.4, -0.2) is 10.9 Å². The highest BCUT2D eigenvalue weighted by molar-refractivity contribution is 7.78. The van der Waals surface area contributed by atoms with Crippen LogP contribution in [0.25, 0.3) is 0 Å². The number of hydrogen-bond donors (Lipinski definition) is 0. The third-order valence-corrected chi connectivity index (χ3v) is 1.61. The quantitative estimate of drug-likeness (QED) is 0.412. The molecule has 0 unspecified atom stereocenters. The van der Waals surface area contributed by atoms with Gasteiger partial charge in [-0.1, -0.05) is 0 Å². The van der Waals surface area contributed by atoms with Gasteiger partial charge in [-0.2, -0.15) is 4.99 Å². The second-order valence-corrected chi connectivity index (χ2v) is 2.61. The lowest BCUT2D eigenvalue weighted by Gasteiger charge is -1.97. The maximum absolute atomic E-state index is 12.9. The normalized spacial score (nSPS) is 9.08. The summed E-state index contributed by atoms with van der Waals surface area (Å²) >= 11 is 4.33. The van der Waals surface area contributed by atoms with Crippen LogP contribution < -0.4 is 0 Å². The van der Waals surface area contributed by atoms with Crippen LogP contribution in [-0.2, 0) is 0 Å². The first-order valence-corrected chi connectivity index (χ1v) is 3.94. The zero-order chi connectivity index (χ0) is 9.84. The molecule has 13 heavy (non-hydrogen) atoms. The monoisotopic (exact) mass is 195 g/mol. The molecule has 0 aliphatic heterocycles. The van der Waals surface area contributed by atoms with Crippen molar-refractivity contribution in [2.75, 3.05) is 0 Å². The highest BCUT2D eigenvalue weighted by Gasteiger charge is 2.04. The molecule has 1 rings (SSSR count). The molecule has 1 aromatic carbocycles. The molecule has 0 aromatic heterocycles. The Labute approximate surface area is 80.1 Å². The van der Waals surface area contributed by atoms with E-state index in [9.17, 15) is 9.18 Å². The molecule has 0 bridgehead atoms. The Morgan fingerprint density at radius 2 is 2.31 bits per heavy atom. The van der Waals surface area contributed by atoms with Crippen molar-refractivity contribution in [3.63, 3.8) is 0 Å². The first kappa shape index (κ1) is 9.71. The SMILES string of the molecule is CC(=O)c1ccc(F)c(N=C=S)c1. The Kier molecular flexibility index (Phi) is 3.01. The average Bonchev–Trinajstić information content (AvgIpc) is 2.08. The summed E-state index contributed by atoms with van der Waals surface area (Å²) in [5.74, 6) is -0.650. The first-order valence-electron chi connectivity index (χ1n) is 3.53. The van der Waals surface area contributed by atoms with Crippen LogP contribution in [0.4, 0.5) is 10.1 Å². The molecule has 0 atom stereocenters. The second-order valence-electron chi connectivity index (χ2n) is 2.43. The summed E-state index contributed by atoms with van der Waals surface area (Å²) in [4.78, 5) is 14.4. The number of hydrogen-bond acceptors (Lipinski definition) is 3. The van der Waals surface area contributed by atoms with E-state index in [1.165, 1.54) is 25.1 Å². The highest BCUT2D eigenvalue weighted by Crippen LogP contribution is 2.18. The number of halogens is 1. The van der Waals surface area contributed by atoms with Gasteiger partial charge in [0.25, 0.3) is 0 Å². The lowest BCUT2D eigenvalue weighted by molar-refractivity contribution is 0.101. The van der Waals surface area contributed by atoms with Crippen LogP contribution in [0, 0.1) is 5.82 Å². The number of rotatable bonds is 2. The number of thiocarbonyl (C=S) groups is 1. The van der Waals surface area contributed by atoms with Crippen LogP contribution in [0.15, 0.2) is 23.2 Å². The third kappa shape index (κ3) is 2.28. The fraction of sp³-hybridized carbons (Fsp3) is 0.111. The van der Waals surface area contributed by atoms with Crippen LogP contribution >= 0.6 is 12.2 Å². The second kappa shape index (κ2) is 4.03. The minimum absolute atomic E-state index is 0.0442. The molecule has 1 aromatic rings. The van der Waals surface area contributed by atoms with E-state index < -0.39 is 5.82 Å². The lowest BCUT2D eigenvalue weighted by atomic mass is 10.1. The van der Waals surface area contributed by atoms with Gasteiger partial charge < -0.3 is 0 Å². The van der Waals surface area contributed by atoms with Crippen LogP contribution in [0.1, 0.15) is 17.3 Å². The molecule has 2 nitrogen and oxygen atoms in total. The smallest absolute Gasteiger partial charge is 0.159 e. The summed E-state index contributed by atoms with van der Waals surface area (Å²) in [5.41, 5.74) is 0.452. The van der Waals surface area contributed by atoms with Gasteiger partial charge in [-0.05, 0) is 37.3 Å². The van der Waals surface area contributed by atoms with Gasteiger partial charge in [-0.25, -0.2) is 4.39 Å². The molecule has 0 radical (unpaired) electrons. The Bertz CT molecular complexity index is 397. The summed E-state index contributed by atoms with van der Waals surface area (Å²) in [6.07, 6.45) is 0. The molecule has 0 saturated heterocycles. The standard InChI is InChI=1S/C9H6FNOS/c1-6(12)7-2-3-8(10)9(4-7)11-5-13/h2-4H,1H3. The Balaban J connectivity index is 3.26. The van der Waals surface area contributed by atoms with Gasteiger partial charge in [0.15, 0.2) is 5.78 Å². The van der Waals surface area contributed by atoms with Gasteiger partial charge in [0.1, 0.15) is 11.5 Å². The van der Waals surface area contributed by atoms with E-state index in [0.29, 0.717) is 5.56 Å². The van der Waals surface area contributed by atoms with Crippen molar-refractivity contribution >= 4 is 28.8 Å². The number of ketones is 1. The van der Waals surface area contributed by atoms with Gasteiger partial charge in [0.05, 0.1) is 5.16 Å². The molecule has 4 heteroatoms. The molecule has 0 aliphatic carbocycles. The van der Waals surface area contributed by atoms with Crippen molar-refractivity contribution in [3.05, 3.63) is 29.6 Å². The number of Topliss-reactive ketones (excluding diaryl/α,β-unsaturated/α-hetero) is 1. The first-order chi connectivity index (χ1) is 6.15. The van der Waals surface area contributed by atoms with Gasteiger partial charge in [-0.3, -0.25) is 4.79 Å². The number of carbonyl (C=O) groups is 1. The molecule has 66 valence electrons. The van der Waals surface area contributed by atoms with Crippen molar-refractivity contribution in [2.45, 2.75) is 6.92 Å². The Morgan fingerprint density at radius 1 is 1.62 bits per heavy atom. The fourth-order valence-corrected chi connectivity index (χ4v) is 0.965. The molecular weight excluding hydrogens is 189 g/mol.